The van der Waals surface area contributed by atoms with E-state index in [2.05, 4.69) is 4.72 Å². The average Bonchev–Trinajstić information content (AvgIpc) is 2.64. The highest BCUT2D eigenvalue weighted by Gasteiger charge is 2.28. The Kier molecular flexibility index (Phi) is 6.02. The molecular formula is C17H18Cl2N2O4S2. The molecule has 0 saturated carbocycles. The molecule has 0 atom stereocenters. The lowest BCUT2D eigenvalue weighted by molar-refractivity contribution is 0.346. The van der Waals surface area contributed by atoms with Crippen LogP contribution in [0.15, 0.2) is 52.3 Å². The molecule has 0 unspecified atom stereocenters. The normalized spacial score (nSPS) is 16.2. The highest BCUT2D eigenvalue weighted by molar-refractivity contribution is 7.92. The second-order valence-electron chi connectivity index (χ2n) is 6.17. The average molecular weight is 449 g/mol. The fourth-order valence-corrected chi connectivity index (χ4v) is 6.03. The fourth-order valence-electron chi connectivity index (χ4n) is 2.84. The standard InChI is InChI=1S/C17H18Cl2N2O4S2/c18-13-4-7-15(8-5-13)26(22,23)20-14-6-9-16(19)17(12-14)27(24,25)21-10-2-1-3-11-21/h4-9,12,20H,1-3,10-11H2. The van der Waals surface area contributed by atoms with Crippen LogP contribution in [0.5, 0.6) is 0 Å². The Morgan fingerprint density at radius 1 is 0.852 bits per heavy atom. The summed E-state index contributed by atoms with van der Waals surface area (Å²) in [5.74, 6) is 0. The van der Waals surface area contributed by atoms with Gasteiger partial charge < -0.3 is 0 Å². The SMILES string of the molecule is O=S(=O)(Nc1ccc(Cl)c(S(=O)(=O)N2CCCCC2)c1)c1ccc(Cl)cc1. The van der Waals surface area contributed by atoms with Gasteiger partial charge in [-0.15, -0.1) is 0 Å². The lowest BCUT2D eigenvalue weighted by atomic mass is 10.2. The van der Waals surface area contributed by atoms with Crippen LogP contribution < -0.4 is 4.72 Å². The van der Waals surface area contributed by atoms with Gasteiger partial charge in [0.15, 0.2) is 0 Å². The molecule has 27 heavy (non-hydrogen) atoms. The molecule has 1 fully saturated rings. The summed E-state index contributed by atoms with van der Waals surface area (Å²) in [5, 5.41) is 0.463. The highest BCUT2D eigenvalue weighted by atomic mass is 35.5. The summed E-state index contributed by atoms with van der Waals surface area (Å²) >= 11 is 11.9. The van der Waals surface area contributed by atoms with E-state index in [1.54, 1.807) is 0 Å². The maximum absolute atomic E-state index is 12.9. The molecule has 3 rings (SSSR count). The van der Waals surface area contributed by atoms with Crippen LogP contribution in [-0.2, 0) is 20.0 Å². The number of piperidine rings is 1. The topological polar surface area (TPSA) is 83.5 Å². The Morgan fingerprint density at radius 2 is 1.48 bits per heavy atom. The Bertz CT molecular complexity index is 1030. The molecule has 1 heterocycles. The number of anilines is 1. The van der Waals surface area contributed by atoms with Crippen LogP contribution in [0.1, 0.15) is 19.3 Å². The summed E-state index contributed by atoms with van der Waals surface area (Å²) in [6.45, 7) is 0.860. The molecular weight excluding hydrogens is 431 g/mol. The molecule has 0 aromatic heterocycles. The van der Waals surface area contributed by atoms with E-state index in [-0.39, 0.29) is 20.5 Å². The number of hydrogen-bond acceptors (Lipinski definition) is 4. The maximum Gasteiger partial charge on any atom is 0.261 e. The van der Waals surface area contributed by atoms with Crippen molar-refractivity contribution in [3.63, 3.8) is 0 Å². The van der Waals surface area contributed by atoms with Crippen molar-refractivity contribution >= 4 is 48.9 Å². The zero-order chi connectivity index (χ0) is 19.7. The molecule has 0 radical (unpaired) electrons. The summed E-state index contributed by atoms with van der Waals surface area (Å²) in [5.41, 5.74) is 0.116. The number of benzene rings is 2. The van der Waals surface area contributed by atoms with Crippen molar-refractivity contribution < 1.29 is 16.8 Å². The van der Waals surface area contributed by atoms with E-state index in [0.717, 1.165) is 19.3 Å². The molecule has 0 aliphatic carbocycles. The van der Waals surface area contributed by atoms with Gasteiger partial charge in [0.2, 0.25) is 10.0 Å². The van der Waals surface area contributed by atoms with Crippen LogP contribution in [-0.4, -0.2) is 34.2 Å². The molecule has 2 aromatic rings. The van der Waals surface area contributed by atoms with Gasteiger partial charge in [0.25, 0.3) is 10.0 Å². The van der Waals surface area contributed by atoms with E-state index < -0.39 is 20.0 Å². The first kappa shape index (κ1) is 20.4. The molecule has 1 aliphatic heterocycles. The van der Waals surface area contributed by atoms with E-state index in [1.807, 2.05) is 0 Å². The van der Waals surface area contributed by atoms with E-state index in [0.29, 0.717) is 18.1 Å². The van der Waals surface area contributed by atoms with Crippen LogP contribution in [0.2, 0.25) is 10.0 Å². The van der Waals surface area contributed by atoms with Crippen molar-refractivity contribution in [2.75, 3.05) is 17.8 Å². The molecule has 1 N–H and O–H groups in total. The zero-order valence-corrected chi connectivity index (χ0v) is 17.4. The lowest BCUT2D eigenvalue weighted by Crippen LogP contribution is -2.35. The van der Waals surface area contributed by atoms with Crippen molar-refractivity contribution in [3.05, 3.63) is 52.5 Å². The largest absolute Gasteiger partial charge is 0.280 e. The number of halogens is 2. The van der Waals surface area contributed by atoms with Gasteiger partial charge in [-0.25, -0.2) is 16.8 Å². The van der Waals surface area contributed by atoms with Crippen LogP contribution in [0.25, 0.3) is 0 Å². The van der Waals surface area contributed by atoms with Crippen molar-refractivity contribution in [1.82, 2.24) is 4.31 Å². The summed E-state index contributed by atoms with van der Waals surface area (Å²) in [6.07, 6.45) is 2.57. The Labute approximate surface area is 169 Å². The van der Waals surface area contributed by atoms with Gasteiger partial charge in [-0.3, -0.25) is 4.72 Å². The van der Waals surface area contributed by atoms with Crippen molar-refractivity contribution in [2.45, 2.75) is 29.1 Å². The molecule has 0 amide bonds. The van der Waals surface area contributed by atoms with E-state index in [9.17, 15) is 16.8 Å². The molecule has 2 aromatic carbocycles. The van der Waals surface area contributed by atoms with Crippen molar-refractivity contribution in [3.8, 4) is 0 Å². The zero-order valence-electron chi connectivity index (χ0n) is 14.2. The number of rotatable bonds is 5. The van der Waals surface area contributed by atoms with Gasteiger partial charge in [-0.2, -0.15) is 4.31 Å². The summed E-state index contributed by atoms with van der Waals surface area (Å²) in [6, 6.07) is 9.70. The number of nitrogens with one attached hydrogen (secondary N) is 1. The molecule has 1 saturated heterocycles. The number of sulfonamides is 2. The summed E-state index contributed by atoms with van der Waals surface area (Å²) in [4.78, 5) is -0.0929. The molecule has 0 bridgehead atoms. The van der Waals surface area contributed by atoms with E-state index in [4.69, 9.17) is 23.2 Å². The number of nitrogens with zero attached hydrogens (tertiary/aromatic N) is 1. The van der Waals surface area contributed by atoms with Crippen LogP contribution in [0.3, 0.4) is 0 Å². The first-order valence-corrected chi connectivity index (χ1v) is 12.0. The second-order valence-corrected chi connectivity index (χ2v) is 10.6. The summed E-state index contributed by atoms with van der Waals surface area (Å²) in [7, 11) is -7.68. The van der Waals surface area contributed by atoms with Gasteiger partial charge in [0.05, 0.1) is 15.6 Å². The van der Waals surface area contributed by atoms with Crippen LogP contribution >= 0.6 is 23.2 Å². The maximum atomic E-state index is 12.9. The summed E-state index contributed by atoms with van der Waals surface area (Å²) < 4.78 is 54.6. The quantitative estimate of drug-likeness (QED) is 0.749. The minimum Gasteiger partial charge on any atom is -0.280 e. The minimum absolute atomic E-state index is 0.0160. The third-order valence-corrected chi connectivity index (χ3v) is 8.27. The van der Waals surface area contributed by atoms with E-state index >= 15 is 0 Å². The smallest absolute Gasteiger partial charge is 0.261 e. The third kappa shape index (κ3) is 4.57. The van der Waals surface area contributed by atoms with Gasteiger partial charge in [-0.1, -0.05) is 29.6 Å². The minimum atomic E-state index is -3.89. The second kappa shape index (κ2) is 7.97. The Morgan fingerprint density at radius 3 is 2.11 bits per heavy atom. The monoisotopic (exact) mass is 448 g/mol. The van der Waals surface area contributed by atoms with Gasteiger partial charge >= 0.3 is 0 Å². The van der Waals surface area contributed by atoms with Crippen molar-refractivity contribution in [2.24, 2.45) is 0 Å². The number of hydrogen-bond donors (Lipinski definition) is 1. The van der Waals surface area contributed by atoms with Gasteiger partial charge in [-0.05, 0) is 55.3 Å². The molecule has 1 aliphatic rings. The van der Waals surface area contributed by atoms with Crippen molar-refractivity contribution in [1.29, 1.82) is 0 Å². The molecule has 146 valence electrons. The molecule has 6 nitrogen and oxygen atoms in total. The lowest BCUT2D eigenvalue weighted by Gasteiger charge is -2.26. The van der Waals surface area contributed by atoms with Crippen LogP contribution in [0, 0.1) is 0 Å². The van der Waals surface area contributed by atoms with Gasteiger partial charge in [0.1, 0.15) is 4.90 Å². The van der Waals surface area contributed by atoms with Crippen LogP contribution in [0.4, 0.5) is 5.69 Å². The fraction of sp³-hybridized carbons (Fsp3) is 0.294. The van der Waals surface area contributed by atoms with Gasteiger partial charge in [0, 0.05) is 18.1 Å². The first-order valence-electron chi connectivity index (χ1n) is 8.28. The highest BCUT2D eigenvalue weighted by Crippen LogP contribution is 2.30. The van der Waals surface area contributed by atoms with E-state index in [1.165, 1.54) is 46.8 Å². The Balaban J connectivity index is 1.92. The predicted octanol–water partition coefficient (Wildman–Crippen LogP) is 3.97. The molecule has 10 heteroatoms. The Hall–Kier alpha value is -1.32. The predicted molar refractivity (Wildman–Crippen MR) is 106 cm³/mol. The third-order valence-electron chi connectivity index (χ3n) is 4.24. The first-order chi connectivity index (χ1) is 12.7. The molecule has 0 spiro atoms.